The van der Waals surface area contributed by atoms with Crippen LogP contribution in [0.25, 0.3) is 0 Å². The Hall–Kier alpha value is -0.0400. The molecule has 0 heterocycles. The van der Waals surface area contributed by atoms with Crippen LogP contribution in [0.3, 0.4) is 0 Å². The van der Waals surface area contributed by atoms with E-state index in [0.29, 0.717) is 10.8 Å². The first-order valence-corrected chi connectivity index (χ1v) is 7.33. The third-order valence-corrected chi connectivity index (χ3v) is 4.58. The quantitative estimate of drug-likeness (QED) is 0.766. The Bertz CT molecular complexity index is 236. The molecule has 1 heteroatoms. The van der Waals surface area contributed by atoms with E-state index in [9.17, 15) is 0 Å². The molecule has 0 aromatic heterocycles. The fraction of sp³-hybridized carbons (Fsp3) is 1.00. The largest absolute Gasteiger partial charge is 0.314 e. The molecule has 1 nitrogen and oxygen atoms in total. The van der Waals surface area contributed by atoms with Gasteiger partial charge in [0.1, 0.15) is 0 Å². The Morgan fingerprint density at radius 3 is 2.29 bits per heavy atom. The summed E-state index contributed by atoms with van der Waals surface area (Å²) in [6, 6.07) is 0.735. The molecule has 1 aliphatic carbocycles. The molecule has 0 spiro atoms. The first kappa shape index (κ1) is 15.0. The van der Waals surface area contributed by atoms with Crippen molar-refractivity contribution in [2.75, 3.05) is 6.54 Å². The average Bonchev–Trinajstić information content (AvgIpc) is 2.09. The van der Waals surface area contributed by atoms with E-state index in [0.717, 1.165) is 24.4 Å². The number of nitrogens with one attached hydrogen (secondary N) is 1. The SMILES string of the molecule is CC1CC(NCC(C)C(C)(C)C)CC(C)(C)C1. The summed E-state index contributed by atoms with van der Waals surface area (Å²) in [5.74, 6) is 1.61. The van der Waals surface area contributed by atoms with E-state index in [4.69, 9.17) is 0 Å². The van der Waals surface area contributed by atoms with Crippen LogP contribution in [0.5, 0.6) is 0 Å². The highest BCUT2D eigenvalue weighted by molar-refractivity contribution is 4.87. The van der Waals surface area contributed by atoms with Crippen molar-refractivity contribution in [2.45, 2.75) is 73.8 Å². The molecule has 0 amide bonds. The van der Waals surface area contributed by atoms with Crippen molar-refractivity contribution in [3.8, 4) is 0 Å². The second-order valence-corrected chi connectivity index (χ2v) is 8.29. The van der Waals surface area contributed by atoms with Crippen molar-refractivity contribution in [3.05, 3.63) is 0 Å². The lowest BCUT2D eigenvalue weighted by atomic mass is 9.70. The van der Waals surface area contributed by atoms with Gasteiger partial charge in [-0.25, -0.2) is 0 Å². The summed E-state index contributed by atoms with van der Waals surface area (Å²) < 4.78 is 0. The summed E-state index contributed by atoms with van der Waals surface area (Å²) >= 11 is 0. The molecule has 1 saturated carbocycles. The molecule has 0 bridgehead atoms. The third kappa shape index (κ3) is 4.99. The highest BCUT2D eigenvalue weighted by atomic mass is 14.9. The summed E-state index contributed by atoms with van der Waals surface area (Å²) in [7, 11) is 0. The molecule has 1 rings (SSSR count). The molecule has 0 saturated heterocycles. The molecule has 0 aliphatic heterocycles. The van der Waals surface area contributed by atoms with Crippen LogP contribution in [0.1, 0.15) is 67.7 Å². The van der Waals surface area contributed by atoms with Gasteiger partial charge in [0.25, 0.3) is 0 Å². The van der Waals surface area contributed by atoms with Crippen LogP contribution in [-0.4, -0.2) is 12.6 Å². The molecule has 1 N–H and O–H groups in total. The van der Waals surface area contributed by atoms with Gasteiger partial charge in [0, 0.05) is 6.04 Å². The van der Waals surface area contributed by atoms with E-state index in [1.807, 2.05) is 0 Å². The monoisotopic (exact) mass is 239 g/mol. The van der Waals surface area contributed by atoms with Crippen LogP contribution in [0, 0.1) is 22.7 Å². The first-order chi connectivity index (χ1) is 7.60. The molecular weight excluding hydrogens is 206 g/mol. The van der Waals surface area contributed by atoms with E-state index in [-0.39, 0.29) is 0 Å². The number of hydrogen-bond donors (Lipinski definition) is 1. The van der Waals surface area contributed by atoms with Gasteiger partial charge in [-0.3, -0.25) is 0 Å². The Morgan fingerprint density at radius 1 is 1.24 bits per heavy atom. The molecule has 1 fully saturated rings. The Morgan fingerprint density at radius 2 is 1.82 bits per heavy atom. The van der Waals surface area contributed by atoms with Crippen molar-refractivity contribution in [3.63, 3.8) is 0 Å². The first-order valence-electron chi connectivity index (χ1n) is 7.33. The smallest absolute Gasteiger partial charge is 0.00748 e. The van der Waals surface area contributed by atoms with Crippen LogP contribution in [0.2, 0.25) is 0 Å². The van der Waals surface area contributed by atoms with E-state index in [1.54, 1.807) is 0 Å². The maximum absolute atomic E-state index is 3.81. The summed E-state index contributed by atoms with van der Waals surface area (Å²) in [5, 5.41) is 3.81. The van der Waals surface area contributed by atoms with Crippen molar-refractivity contribution < 1.29 is 0 Å². The average molecular weight is 239 g/mol. The predicted molar refractivity (Wildman–Crippen MR) is 77.2 cm³/mol. The fourth-order valence-electron chi connectivity index (χ4n) is 3.15. The van der Waals surface area contributed by atoms with Crippen LogP contribution in [0.4, 0.5) is 0 Å². The second kappa shape index (κ2) is 5.30. The third-order valence-electron chi connectivity index (χ3n) is 4.58. The zero-order valence-corrected chi connectivity index (χ0v) is 13.1. The second-order valence-electron chi connectivity index (χ2n) is 8.29. The summed E-state index contributed by atoms with van der Waals surface area (Å²) in [6.07, 6.45) is 4.09. The van der Waals surface area contributed by atoms with E-state index in [2.05, 4.69) is 53.8 Å². The van der Waals surface area contributed by atoms with Gasteiger partial charge in [-0.05, 0) is 48.5 Å². The highest BCUT2D eigenvalue weighted by Crippen LogP contribution is 2.38. The van der Waals surface area contributed by atoms with E-state index < -0.39 is 0 Å². The number of hydrogen-bond acceptors (Lipinski definition) is 1. The lowest BCUT2D eigenvalue weighted by Crippen LogP contribution is -2.43. The van der Waals surface area contributed by atoms with Crippen LogP contribution in [0.15, 0.2) is 0 Å². The molecule has 0 aromatic rings. The van der Waals surface area contributed by atoms with E-state index >= 15 is 0 Å². The maximum Gasteiger partial charge on any atom is 0.00748 e. The summed E-state index contributed by atoms with van der Waals surface area (Å²) in [4.78, 5) is 0. The number of rotatable bonds is 3. The Kier molecular flexibility index (Phi) is 4.68. The zero-order valence-electron chi connectivity index (χ0n) is 13.1. The highest BCUT2D eigenvalue weighted by Gasteiger charge is 2.32. The van der Waals surface area contributed by atoms with Gasteiger partial charge in [-0.15, -0.1) is 0 Å². The summed E-state index contributed by atoms with van der Waals surface area (Å²) in [6.45, 7) is 17.8. The van der Waals surface area contributed by atoms with Crippen molar-refractivity contribution in [1.82, 2.24) is 5.32 Å². The molecular formula is C16H33N. The lowest BCUT2D eigenvalue weighted by Gasteiger charge is -2.40. The Labute approximate surface area is 109 Å². The molecule has 17 heavy (non-hydrogen) atoms. The van der Waals surface area contributed by atoms with Crippen molar-refractivity contribution >= 4 is 0 Å². The minimum atomic E-state index is 0.419. The standard InChI is InChI=1S/C16H33N/c1-12-8-14(10-16(6,7)9-12)17-11-13(2)15(3,4)5/h12-14,17H,8-11H2,1-7H3. The van der Waals surface area contributed by atoms with Gasteiger partial charge in [-0.2, -0.15) is 0 Å². The molecule has 1 aliphatic rings. The maximum atomic E-state index is 3.81. The van der Waals surface area contributed by atoms with Gasteiger partial charge >= 0.3 is 0 Å². The van der Waals surface area contributed by atoms with Gasteiger partial charge < -0.3 is 5.32 Å². The minimum Gasteiger partial charge on any atom is -0.314 e. The normalized spacial score (nSPS) is 31.2. The van der Waals surface area contributed by atoms with Crippen molar-refractivity contribution in [1.29, 1.82) is 0 Å². The van der Waals surface area contributed by atoms with Crippen molar-refractivity contribution in [2.24, 2.45) is 22.7 Å². The fourth-order valence-corrected chi connectivity index (χ4v) is 3.15. The topological polar surface area (TPSA) is 12.0 Å². The molecule has 0 radical (unpaired) electrons. The van der Waals surface area contributed by atoms with Gasteiger partial charge in [0.05, 0.1) is 0 Å². The molecule has 3 unspecified atom stereocenters. The van der Waals surface area contributed by atoms with Crippen LogP contribution in [-0.2, 0) is 0 Å². The lowest BCUT2D eigenvalue weighted by molar-refractivity contribution is 0.141. The molecule has 102 valence electrons. The van der Waals surface area contributed by atoms with Crippen LogP contribution < -0.4 is 5.32 Å². The van der Waals surface area contributed by atoms with Crippen LogP contribution >= 0.6 is 0 Å². The summed E-state index contributed by atoms with van der Waals surface area (Å²) in [5.41, 5.74) is 0.948. The Balaban J connectivity index is 2.42. The minimum absolute atomic E-state index is 0.419. The van der Waals surface area contributed by atoms with E-state index in [1.165, 1.54) is 19.3 Å². The predicted octanol–water partition coefficient (Wildman–Crippen LogP) is 4.47. The molecule has 0 aromatic carbocycles. The molecule has 3 atom stereocenters. The van der Waals surface area contributed by atoms with Gasteiger partial charge in [-0.1, -0.05) is 48.5 Å². The zero-order chi connectivity index (χ0) is 13.3. The van der Waals surface area contributed by atoms with Gasteiger partial charge in [0.15, 0.2) is 0 Å². The van der Waals surface area contributed by atoms with Gasteiger partial charge in [0.2, 0.25) is 0 Å².